The zero-order valence-corrected chi connectivity index (χ0v) is 15.2. The van der Waals surface area contributed by atoms with E-state index in [2.05, 4.69) is 19.9 Å². The highest BCUT2D eigenvalue weighted by atomic mass is 16.5. The smallest absolute Gasteiger partial charge is 0.249 e. The van der Waals surface area contributed by atoms with Gasteiger partial charge in [-0.15, -0.1) is 0 Å². The molecule has 3 atom stereocenters. The van der Waals surface area contributed by atoms with Crippen LogP contribution >= 0.6 is 0 Å². The first kappa shape index (κ1) is 17.5. The van der Waals surface area contributed by atoms with E-state index in [1.165, 1.54) is 0 Å². The standard InChI is InChI=1S/C21H25NO3/c1-20(2)17(18(20)21(3,24-4)19(22)23)14-9-8-12-16(13-14)25-15-10-6-5-7-11-15/h5-13,17-18H,1-4H3,(H2,22,23). The van der Waals surface area contributed by atoms with Crippen LogP contribution in [-0.2, 0) is 9.53 Å². The van der Waals surface area contributed by atoms with Crippen molar-refractivity contribution in [1.29, 1.82) is 0 Å². The van der Waals surface area contributed by atoms with E-state index in [4.69, 9.17) is 15.2 Å². The molecule has 1 amide bonds. The molecule has 1 aliphatic carbocycles. The molecule has 132 valence electrons. The number of ether oxygens (including phenoxy) is 2. The second kappa shape index (κ2) is 6.19. The number of para-hydroxylation sites is 1. The summed E-state index contributed by atoms with van der Waals surface area (Å²) in [5, 5.41) is 0. The van der Waals surface area contributed by atoms with E-state index in [1.54, 1.807) is 14.0 Å². The van der Waals surface area contributed by atoms with Crippen LogP contribution in [0.3, 0.4) is 0 Å². The van der Waals surface area contributed by atoms with E-state index in [9.17, 15) is 4.79 Å². The molecule has 2 aromatic carbocycles. The van der Waals surface area contributed by atoms with Crippen molar-refractivity contribution in [3.05, 3.63) is 60.2 Å². The minimum atomic E-state index is -0.982. The summed E-state index contributed by atoms with van der Waals surface area (Å²) < 4.78 is 11.5. The van der Waals surface area contributed by atoms with Gasteiger partial charge in [0.2, 0.25) is 5.91 Å². The molecular weight excluding hydrogens is 314 g/mol. The summed E-state index contributed by atoms with van der Waals surface area (Å²) in [6, 6.07) is 17.7. The fraction of sp³-hybridized carbons (Fsp3) is 0.381. The lowest BCUT2D eigenvalue weighted by molar-refractivity contribution is -0.141. The van der Waals surface area contributed by atoms with Gasteiger partial charge in [0.1, 0.15) is 17.1 Å². The van der Waals surface area contributed by atoms with Crippen LogP contribution in [0.5, 0.6) is 11.5 Å². The second-order valence-electron chi connectivity index (χ2n) is 7.44. The molecule has 4 nitrogen and oxygen atoms in total. The first-order valence-electron chi connectivity index (χ1n) is 8.48. The number of hydrogen-bond acceptors (Lipinski definition) is 3. The molecule has 25 heavy (non-hydrogen) atoms. The molecule has 0 aliphatic heterocycles. The molecule has 3 rings (SSSR count). The number of carbonyl (C=O) groups is 1. The van der Waals surface area contributed by atoms with Gasteiger partial charge in [0, 0.05) is 13.0 Å². The van der Waals surface area contributed by atoms with Crippen molar-refractivity contribution in [3.63, 3.8) is 0 Å². The Kier molecular flexibility index (Phi) is 4.33. The van der Waals surface area contributed by atoms with Crippen molar-refractivity contribution in [2.45, 2.75) is 32.3 Å². The Bertz CT molecular complexity index is 772. The van der Waals surface area contributed by atoms with E-state index < -0.39 is 11.5 Å². The summed E-state index contributed by atoms with van der Waals surface area (Å²) in [5.41, 5.74) is 5.70. The zero-order chi connectivity index (χ0) is 18.2. The molecular formula is C21H25NO3. The van der Waals surface area contributed by atoms with Crippen LogP contribution in [0.25, 0.3) is 0 Å². The van der Waals surface area contributed by atoms with Gasteiger partial charge in [-0.2, -0.15) is 0 Å². The number of nitrogens with two attached hydrogens (primary N) is 1. The SMILES string of the molecule is COC(C)(C(N)=O)C1C(c2cccc(Oc3ccccc3)c2)C1(C)C. The normalized spacial score (nSPS) is 23.5. The largest absolute Gasteiger partial charge is 0.457 e. The zero-order valence-electron chi connectivity index (χ0n) is 15.2. The lowest BCUT2D eigenvalue weighted by Crippen LogP contribution is -2.46. The van der Waals surface area contributed by atoms with Crippen LogP contribution < -0.4 is 10.5 Å². The van der Waals surface area contributed by atoms with Gasteiger partial charge in [0.05, 0.1) is 0 Å². The van der Waals surface area contributed by atoms with Gasteiger partial charge >= 0.3 is 0 Å². The Morgan fingerprint density at radius 2 is 1.72 bits per heavy atom. The van der Waals surface area contributed by atoms with Crippen LogP contribution in [0, 0.1) is 11.3 Å². The molecule has 1 aliphatic rings. The molecule has 0 saturated heterocycles. The average molecular weight is 339 g/mol. The highest BCUT2D eigenvalue weighted by Crippen LogP contribution is 2.69. The summed E-state index contributed by atoms with van der Waals surface area (Å²) in [5.74, 6) is 1.36. The van der Waals surface area contributed by atoms with Crippen molar-refractivity contribution in [1.82, 2.24) is 0 Å². The van der Waals surface area contributed by atoms with Crippen LogP contribution in [0.1, 0.15) is 32.3 Å². The molecule has 0 spiro atoms. The molecule has 4 heteroatoms. The summed E-state index contributed by atoms with van der Waals surface area (Å²) in [6.45, 7) is 6.08. The minimum absolute atomic E-state index is 0.0227. The number of primary amides is 1. The van der Waals surface area contributed by atoms with E-state index in [0.29, 0.717) is 0 Å². The Balaban J connectivity index is 1.87. The first-order valence-corrected chi connectivity index (χ1v) is 8.48. The Labute approximate surface area is 148 Å². The van der Waals surface area contributed by atoms with Crippen LogP contribution in [0.15, 0.2) is 54.6 Å². The lowest BCUT2D eigenvalue weighted by atomic mass is 9.93. The van der Waals surface area contributed by atoms with Gasteiger partial charge in [-0.1, -0.05) is 44.2 Å². The van der Waals surface area contributed by atoms with Gasteiger partial charge in [-0.3, -0.25) is 4.79 Å². The van der Waals surface area contributed by atoms with Crippen molar-refractivity contribution < 1.29 is 14.3 Å². The maximum atomic E-state index is 12.0. The molecule has 1 saturated carbocycles. The van der Waals surface area contributed by atoms with Crippen LogP contribution in [-0.4, -0.2) is 18.6 Å². The molecule has 0 bridgehead atoms. The average Bonchev–Trinajstić information content (AvgIpc) is 3.18. The summed E-state index contributed by atoms with van der Waals surface area (Å²) in [4.78, 5) is 12.0. The Morgan fingerprint density at radius 3 is 2.32 bits per heavy atom. The number of methoxy groups -OCH3 is 1. The van der Waals surface area contributed by atoms with Crippen molar-refractivity contribution >= 4 is 5.91 Å². The maximum absolute atomic E-state index is 12.0. The molecule has 2 N–H and O–H groups in total. The molecule has 0 aromatic heterocycles. The molecule has 1 fully saturated rings. The first-order chi connectivity index (χ1) is 11.8. The number of carbonyl (C=O) groups excluding carboxylic acids is 1. The van der Waals surface area contributed by atoms with E-state index in [0.717, 1.165) is 17.1 Å². The van der Waals surface area contributed by atoms with E-state index in [-0.39, 0.29) is 17.3 Å². The lowest BCUT2D eigenvalue weighted by Gasteiger charge is -2.26. The molecule has 0 radical (unpaired) electrons. The van der Waals surface area contributed by atoms with Gasteiger partial charge in [0.15, 0.2) is 0 Å². The summed E-state index contributed by atoms with van der Waals surface area (Å²) >= 11 is 0. The van der Waals surface area contributed by atoms with Gasteiger partial charge in [-0.25, -0.2) is 0 Å². The number of amides is 1. The van der Waals surface area contributed by atoms with E-state index in [1.807, 2.05) is 48.5 Å². The third kappa shape index (κ3) is 3.02. The minimum Gasteiger partial charge on any atom is -0.457 e. The fourth-order valence-electron chi connectivity index (χ4n) is 4.06. The number of rotatable bonds is 6. The monoisotopic (exact) mass is 339 g/mol. The Morgan fingerprint density at radius 1 is 1.08 bits per heavy atom. The highest BCUT2D eigenvalue weighted by Gasteiger charge is 2.67. The molecule has 2 aromatic rings. The highest BCUT2D eigenvalue weighted by molar-refractivity contribution is 5.84. The predicted octanol–water partition coefficient (Wildman–Crippen LogP) is 4.11. The van der Waals surface area contributed by atoms with Crippen molar-refractivity contribution in [3.8, 4) is 11.5 Å². The van der Waals surface area contributed by atoms with Crippen molar-refractivity contribution in [2.24, 2.45) is 17.1 Å². The second-order valence-corrected chi connectivity index (χ2v) is 7.44. The van der Waals surface area contributed by atoms with Gasteiger partial charge in [0.25, 0.3) is 0 Å². The van der Waals surface area contributed by atoms with Gasteiger partial charge < -0.3 is 15.2 Å². The quantitative estimate of drug-likeness (QED) is 0.861. The molecule has 3 unspecified atom stereocenters. The summed E-state index contributed by atoms with van der Waals surface area (Å²) in [7, 11) is 1.55. The Hall–Kier alpha value is -2.33. The molecule has 0 heterocycles. The van der Waals surface area contributed by atoms with Crippen LogP contribution in [0.2, 0.25) is 0 Å². The third-order valence-corrected chi connectivity index (χ3v) is 5.53. The fourth-order valence-corrected chi connectivity index (χ4v) is 4.06. The summed E-state index contributed by atoms with van der Waals surface area (Å²) in [6.07, 6.45) is 0. The van der Waals surface area contributed by atoms with Crippen LogP contribution in [0.4, 0.5) is 0 Å². The maximum Gasteiger partial charge on any atom is 0.249 e. The predicted molar refractivity (Wildman–Crippen MR) is 97.6 cm³/mol. The number of hydrogen-bond donors (Lipinski definition) is 1. The topological polar surface area (TPSA) is 61.5 Å². The number of benzene rings is 2. The van der Waals surface area contributed by atoms with Crippen molar-refractivity contribution in [2.75, 3.05) is 7.11 Å². The van der Waals surface area contributed by atoms with E-state index >= 15 is 0 Å². The third-order valence-electron chi connectivity index (χ3n) is 5.53. The van der Waals surface area contributed by atoms with Gasteiger partial charge in [-0.05, 0) is 48.1 Å².